The monoisotopic (exact) mass is 335 g/mol. The lowest BCUT2D eigenvalue weighted by Crippen LogP contribution is -2.36. The van der Waals surface area contributed by atoms with E-state index in [0.29, 0.717) is 17.8 Å². The number of likely N-dealkylation sites (tertiary alicyclic amines) is 1. The van der Waals surface area contributed by atoms with Crippen molar-refractivity contribution in [1.82, 2.24) is 15.1 Å². The molecule has 0 N–H and O–H groups in total. The molecule has 0 radical (unpaired) electrons. The van der Waals surface area contributed by atoms with Crippen molar-refractivity contribution in [3.05, 3.63) is 34.6 Å². The molecule has 2 aromatic rings. The zero-order chi connectivity index (χ0) is 13.9. The molecule has 0 saturated carbocycles. The van der Waals surface area contributed by atoms with Gasteiger partial charge in [-0.2, -0.15) is 0 Å². The molecule has 1 aliphatic heterocycles. The van der Waals surface area contributed by atoms with Crippen LogP contribution in [0.15, 0.2) is 33.2 Å². The largest absolute Gasteiger partial charge is 0.419 e. The van der Waals surface area contributed by atoms with Gasteiger partial charge in [-0.1, -0.05) is 18.6 Å². The number of piperidine rings is 1. The topological polar surface area (TPSA) is 42.2 Å². The van der Waals surface area contributed by atoms with Gasteiger partial charge in [0.1, 0.15) is 0 Å². The summed E-state index contributed by atoms with van der Waals surface area (Å²) in [6, 6.07) is 8.50. The van der Waals surface area contributed by atoms with E-state index in [0.717, 1.165) is 23.1 Å². The molecule has 0 bridgehead atoms. The van der Waals surface area contributed by atoms with Crippen LogP contribution in [0.4, 0.5) is 0 Å². The van der Waals surface area contributed by atoms with Gasteiger partial charge in [0.2, 0.25) is 11.8 Å². The molecule has 1 aromatic carbocycles. The summed E-state index contributed by atoms with van der Waals surface area (Å²) in [6.45, 7) is 4.14. The fraction of sp³-hybridized carbons (Fsp3) is 0.467. The summed E-state index contributed by atoms with van der Waals surface area (Å²) < 4.78 is 6.78. The molecule has 1 unspecified atom stereocenters. The van der Waals surface area contributed by atoms with Gasteiger partial charge in [0, 0.05) is 10.5 Å². The van der Waals surface area contributed by atoms with Crippen molar-refractivity contribution in [2.45, 2.75) is 38.8 Å². The van der Waals surface area contributed by atoms with Crippen LogP contribution in [0.5, 0.6) is 0 Å². The maximum Gasteiger partial charge on any atom is 0.248 e. The minimum absolute atomic E-state index is 0.581. The van der Waals surface area contributed by atoms with E-state index in [-0.39, 0.29) is 0 Å². The van der Waals surface area contributed by atoms with Crippen LogP contribution < -0.4 is 0 Å². The van der Waals surface area contributed by atoms with Gasteiger partial charge in [0.15, 0.2) is 0 Å². The maximum absolute atomic E-state index is 5.81. The molecule has 0 aliphatic carbocycles. The molecule has 106 valence electrons. The second-order valence-electron chi connectivity index (χ2n) is 5.30. The Morgan fingerprint density at radius 3 is 2.95 bits per heavy atom. The van der Waals surface area contributed by atoms with Gasteiger partial charge in [-0.25, -0.2) is 0 Å². The van der Waals surface area contributed by atoms with Crippen LogP contribution in [0.1, 0.15) is 32.1 Å². The van der Waals surface area contributed by atoms with E-state index >= 15 is 0 Å². The Balaban J connectivity index is 1.75. The average Bonchev–Trinajstić information content (AvgIpc) is 2.90. The van der Waals surface area contributed by atoms with Gasteiger partial charge >= 0.3 is 0 Å². The van der Waals surface area contributed by atoms with Crippen molar-refractivity contribution < 1.29 is 4.42 Å². The molecule has 3 rings (SSSR count). The second kappa shape index (κ2) is 6.06. The van der Waals surface area contributed by atoms with E-state index in [1.807, 2.05) is 24.3 Å². The normalized spacial score (nSPS) is 20.2. The molecule has 0 spiro atoms. The second-order valence-corrected chi connectivity index (χ2v) is 6.15. The Kier molecular flexibility index (Phi) is 4.17. The van der Waals surface area contributed by atoms with E-state index < -0.39 is 0 Å². The van der Waals surface area contributed by atoms with Gasteiger partial charge < -0.3 is 4.42 Å². The highest BCUT2D eigenvalue weighted by Crippen LogP contribution is 2.27. The summed E-state index contributed by atoms with van der Waals surface area (Å²) in [4.78, 5) is 2.42. The van der Waals surface area contributed by atoms with Gasteiger partial charge in [-0.3, -0.25) is 4.90 Å². The molecule has 4 nitrogen and oxygen atoms in total. The average molecular weight is 336 g/mol. The van der Waals surface area contributed by atoms with Crippen LogP contribution in [-0.2, 0) is 6.54 Å². The van der Waals surface area contributed by atoms with Gasteiger partial charge in [-0.05, 0) is 54.4 Å². The Morgan fingerprint density at radius 1 is 1.30 bits per heavy atom. The zero-order valence-corrected chi connectivity index (χ0v) is 13.1. The van der Waals surface area contributed by atoms with E-state index in [9.17, 15) is 0 Å². The fourth-order valence-corrected chi connectivity index (χ4v) is 3.08. The fourth-order valence-electron chi connectivity index (χ4n) is 2.63. The lowest BCUT2D eigenvalue weighted by atomic mass is 10.0. The quantitative estimate of drug-likeness (QED) is 0.853. The molecule has 1 aromatic heterocycles. The molecular formula is C15H18BrN3O. The van der Waals surface area contributed by atoms with Crippen molar-refractivity contribution >= 4 is 15.9 Å². The first kappa shape index (κ1) is 13.8. The summed E-state index contributed by atoms with van der Waals surface area (Å²) in [7, 11) is 0. The Morgan fingerprint density at radius 2 is 2.15 bits per heavy atom. The third-order valence-corrected chi connectivity index (χ3v) is 4.54. The zero-order valence-electron chi connectivity index (χ0n) is 11.6. The number of hydrogen-bond donors (Lipinski definition) is 0. The van der Waals surface area contributed by atoms with Gasteiger partial charge in [-0.15, -0.1) is 10.2 Å². The molecular weight excluding hydrogens is 318 g/mol. The number of halogens is 1. The Bertz CT molecular complexity index is 584. The Labute approximate surface area is 127 Å². The van der Waals surface area contributed by atoms with Gasteiger partial charge in [0.05, 0.1) is 12.1 Å². The van der Waals surface area contributed by atoms with Crippen LogP contribution in [-0.4, -0.2) is 27.7 Å². The minimum atomic E-state index is 0.581. The van der Waals surface area contributed by atoms with Crippen molar-refractivity contribution in [2.75, 3.05) is 6.54 Å². The van der Waals surface area contributed by atoms with E-state index in [4.69, 9.17) is 4.42 Å². The molecule has 1 saturated heterocycles. The first-order valence-corrected chi connectivity index (χ1v) is 7.84. The first-order chi connectivity index (χ1) is 9.74. The molecule has 5 heteroatoms. The summed E-state index contributed by atoms with van der Waals surface area (Å²) in [5.41, 5.74) is 0.943. The van der Waals surface area contributed by atoms with Crippen LogP contribution in [0.3, 0.4) is 0 Å². The van der Waals surface area contributed by atoms with Crippen molar-refractivity contribution in [1.29, 1.82) is 0 Å². The number of nitrogens with zero attached hydrogens (tertiary/aromatic N) is 3. The van der Waals surface area contributed by atoms with Crippen molar-refractivity contribution in [3.8, 4) is 11.5 Å². The summed E-state index contributed by atoms with van der Waals surface area (Å²) >= 11 is 3.51. The molecule has 20 heavy (non-hydrogen) atoms. The lowest BCUT2D eigenvalue weighted by Gasteiger charge is -2.31. The summed E-state index contributed by atoms with van der Waals surface area (Å²) in [5.74, 6) is 1.28. The molecule has 1 atom stereocenters. The van der Waals surface area contributed by atoms with Crippen LogP contribution >= 0.6 is 15.9 Å². The predicted octanol–water partition coefficient (Wildman–Crippen LogP) is 3.87. The highest BCUT2D eigenvalue weighted by molar-refractivity contribution is 9.10. The minimum Gasteiger partial charge on any atom is -0.419 e. The summed E-state index contributed by atoms with van der Waals surface area (Å²) in [5, 5.41) is 8.35. The van der Waals surface area contributed by atoms with Crippen LogP contribution in [0.2, 0.25) is 0 Å². The Hall–Kier alpha value is -1.20. The predicted molar refractivity (Wildman–Crippen MR) is 81.2 cm³/mol. The van der Waals surface area contributed by atoms with Crippen LogP contribution in [0, 0.1) is 0 Å². The van der Waals surface area contributed by atoms with E-state index in [1.165, 1.54) is 19.3 Å². The maximum atomic E-state index is 5.81. The lowest BCUT2D eigenvalue weighted by molar-refractivity contribution is 0.139. The molecule has 1 fully saturated rings. The van der Waals surface area contributed by atoms with Crippen molar-refractivity contribution in [3.63, 3.8) is 0 Å². The standard InChI is InChI=1S/C15H18BrN3O/c1-11-6-4-5-9-19(11)10-14-17-18-15(20-14)12-7-2-3-8-13(12)16/h2-3,7-8,11H,4-6,9-10H2,1H3. The van der Waals surface area contributed by atoms with E-state index in [1.54, 1.807) is 0 Å². The van der Waals surface area contributed by atoms with E-state index in [2.05, 4.69) is 38.0 Å². The van der Waals surface area contributed by atoms with Crippen molar-refractivity contribution in [2.24, 2.45) is 0 Å². The first-order valence-electron chi connectivity index (χ1n) is 7.05. The molecule has 0 amide bonds. The summed E-state index contributed by atoms with van der Waals surface area (Å²) in [6.07, 6.45) is 3.84. The molecule has 1 aliphatic rings. The number of aromatic nitrogens is 2. The highest BCUT2D eigenvalue weighted by atomic mass is 79.9. The third-order valence-electron chi connectivity index (χ3n) is 3.85. The molecule has 2 heterocycles. The third kappa shape index (κ3) is 2.94. The highest BCUT2D eigenvalue weighted by Gasteiger charge is 2.21. The number of benzene rings is 1. The number of rotatable bonds is 3. The SMILES string of the molecule is CC1CCCCN1Cc1nnc(-c2ccccc2Br)o1. The van der Waals surface area contributed by atoms with Gasteiger partial charge in [0.25, 0.3) is 0 Å². The van der Waals surface area contributed by atoms with Crippen LogP contribution in [0.25, 0.3) is 11.5 Å². The number of hydrogen-bond acceptors (Lipinski definition) is 4. The smallest absolute Gasteiger partial charge is 0.248 e.